The Kier molecular flexibility index (Phi) is 0.944. The standard InChI is InChI=1S/C15H13NO2/c17-13(18)16-15-10-7-11(15)9-12(15)8(10)14(7,9)6-4-2-1-3-5-6/h1-5,7-12,16H,(H,17,18). The molecule has 0 unspecified atom stereocenters. The quantitative estimate of drug-likeness (QED) is 0.825. The molecule has 6 aliphatic carbocycles. The van der Waals surface area contributed by atoms with E-state index in [0.717, 1.165) is 17.8 Å². The molecule has 0 heterocycles. The van der Waals surface area contributed by atoms with Gasteiger partial charge in [0.1, 0.15) is 0 Å². The Labute approximate surface area is 104 Å². The summed E-state index contributed by atoms with van der Waals surface area (Å²) in [6, 6.07) is 10.9. The SMILES string of the molecule is O=C(O)NC12C3C4C1C1C2C3C41c1ccccc1. The van der Waals surface area contributed by atoms with Gasteiger partial charge in [-0.15, -0.1) is 0 Å². The number of carbonyl (C=O) groups is 1. The van der Waals surface area contributed by atoms with E-state index < -0.39 is 6.09 Å². The van der Waals surface area contributed by atoms with E-state index in [0.29, 0.717) is 23.2 Å². The molecule has 0 bridgehead atoms. The predicted octanol–water partition coefficient (Wildman–Crippen LogP) is 1.70. The van der Waals surface area contributed by atoms with Crippen molar-refractivity contribution in [3.8, 4) is 0 Å². The Morgan fingerprint density at radius 1 is 1.00 bits per heavy atom. The molecule has 2 N–H and O–H groups in total. The van der Waals surface area contributed by atoms with Crippen molar-refractivity contribution in [1.29, 1.82) is 0 Å². The topological polar surface area (TPSA) is 49.3 Å². The first-order chi connectivity index (χ1) is 8.75. The van der Waals surface area contributed by atoms with Gasteiger partial charge in [-0.25, -0.2) is 4.79 Å². The third kappa shape index (κ3) is 0.439. The Bertz CT molecular complexity index is 569. The third-order valence-corrected chi connectivity index (χ3v) is 7.23. The zero-order chi connectivity index (χ0) is 11.9. The van der Waals surface area contributed by atoms with Gasteiger partial charge in [-0.05, 0) is 41.1 Å². The molecule has 0 saturated heterocycles. The highest BCUT2D eigenvalue weighted by Gasteiger charge is 3.10. The molecule has 7 rings (SSSR count). The first kappa shape index (κ1) is 8.57. The summed E-state index contributed by atoms with van der Waals surface area (Å²) in [6.07, 6.45) is -0.820. The van der Waals surface area contributed by atoms with Crippen LogP contribution in [0.4, 0.5) is 4.79 Å². The Morgan fingerprint density at radius 3 is 2.06 bits per heavy atom. The average Bonchev–Trinajstić information content (AvgIpc) is 2.39. The van der Waals surface area contributed by atoms with Crippen LogP contribution in [0.5, 0.6) is 0 Å². The van der Waals surface area contributed by atoms with Crippen molar-refractivity contribution < 1.29 is 9.90 Å². The van der Waals surface area contributed by atoms with E-state index in [1.165, 1.54) is 5.56 Å². The van der Waals surface area contributed by atoms with Crippen LogP contribution in [0.3, 0.4) is 0 Å². The summed E-state index contributed by atoms with van der Waals surface area (Å²) in [5.41, 5.74) is 2.06. The van der Waals surface area contributed by atoms with E-state index in [9.17, 15) is 4.79 Å². The Morgan fingerprint density at radius 2 is 1.56 bits per heavy atom. The first-order valence-electron chi connectivity index (χ1n) is 6.82. The molecule has 0 aliphatic heterocycles. The second kappa shape index (κ2) is 1.98. The van der Waals surface area contributed by atoms with Gasteiger partial charge in [0.2, 0.25) is 0 Å². The summed E-state index contributed by atoms with van der Waals surface area (Å²) in [5.74, 6) is 4.42. The molecular formula is C15H13NO2. The van der Waals surface area contributed by atoms with Crippen molar-refractivity contribution in [2.45, 2.75) is 11.0 Å². The number of carboxylic acid groups (broad SMARTS) is 1. The lowest BCUT2D eigenvalue weighted by Gasteiger charge is -3.11. The second-order valence-electron chi connectivity index (χ2n) is 6.82. The van der Waals surface area contributed by atoms with E-state index in [2.05, 4.69) is 35.6 Å². The van der Waals surface area contributed by atoms with Crippen molar-refractivity contribution in [2.75, 3.05) is 0 Å². The van der Waals surface area contributed by atoms with E-state index in [1.807, 2.05) is 0 Å². The number of nitrogens with one attached hydrogen (secondary N) is 1. The van der Waals surface area contributed by atoms with Crippen molar-refractivity contribution in [2.24, 2.45) is 35.5 Å². The van der Waals surface area contributed by atoms with Gasteiger partial charge in [-0.3, -0.25) is 0 Å². The molecule has 1 aromatic rings. The predicted molar refractivity (Wildman–Crippen MR) is 63.0 cm³/mol. The van der Waals surface area contributed by atoms with Crippen LogP contribution in [-0.2, 0) is 5.41 Å². The number of hydrogen-bond donors (Lipinski definition) is 2. The molecule has 1 amide bonds. The summed E-state index contributed by atoms with van der Waals surface area (Å²) >= 11 is 0. The van der Waals surface area contributed by atoms with Crippen LogP contribution in [-0.4, -0.2) is 16.7 Å². The van der Waals surface area contributed by atoms with Crippen molar-refractivity contribution >= 4 is 6.09 Å². The van der Waals surface area contributed by atoms with Gasteiger partial charge in [0.15, 0.2) is 0 Å². The smallest absolute Gasteiger partial charge is 0.405 e. The maximum atomic E-state index is 10.9. The van der Waals surface area contributed by atoms with Crippen LogP contribution >= 0.6 is 0 Å². The molecule has 0 spiro atoms. The minimum Gasteiger partial charge on any atom is -0.465 e. The molecule has 6 saturated carbocycles. The van der Waals surface area contributed by atoms with Crippen molar-refractivity contribution in [1.82, 2.24) is 5.32 Å². The molecule has 3 heteroatoms. The number of rotatable bonds is 2. The minimum atomic E-state index is -0.820. The molecule has 18 heavy (non-hydrogen) atoms. The fraction of sp³-hybridized carbons (Fsp3) is 0.533. The summed E-state index contributed by atoms with van der Waals surface area (Å²) in [5, 5.41) is 11.8. The van der Waals surface area contributed by atoms with Crippen molar-refractivity contribution in [3.05, 3.63) is 35.9 Å². The Balaban J connectivity index is 1.41. The summed E-state index contributed by atoms with van der Waals surface area (Å²) in [6.45, 7) is 0. The van der Waals surface area contributed by atoms with Crippen LogP contribution in [0.15, 0.2) is 30.3 Å². The van der Waals surface area contributed by atoms with Crippen LogP contribution in [0, 0.1) is 35.5 Å². The van der Waals surface area contributed by atoms with Crippen LogP contribution in [0.1, 0.15) is 5.56 Å². The molecule has 6 fully saturated rings. The van der Waals surface area contributed by atoms with Gasteiger partial charge < -0.3 is 10.4 Å². The minimum absolute atomic E-state index is 0.0440. The number of hydrogen-bond acceptors (Lipinski definition) is 1. The lowest BCUT2D eigenvalue weighted by Crippen LogP contribution is -3.16. The highest BCUT2D eigenvalue weighted by atomic mass is 16.4. The maximum Gasteiger partial charge on any atom is 0.405 e. The van der Waals surface area contributed by atoms with Gasteiger partial charge in [-0.2, -0.15) is 0 Å². The van der Waals surface area contributed by atoms with E-state index in [4.69, 9.17) is 5.11 Å². The monoisotopic (exact) mass is 239 g/mol. The van der Waals surface area contributed by atoms with Gasteiger partial charge in [0.05, 0.1) is 5.54 Å². The molecule has 0 radical (unpaired) electrons. The number of benzene rings is 1. The van der Waals surface area contributed by atoms with Crippen molar-refractivity contribution in [3.63, 3.8) is 0 Å². The normalized spacial score (nSPS) is 62.2. The third-order valence-electron chi connectivity index (χ3n) is 7.23. The maximum absolute atomic E-state index is 10.9. The molecule has 6 aliphatic rings. The fourth-order valence-electron chi connectivity index (χ4n) is 7.27. The summed E-state index contributed by atoms with van der Waals surface area (Å²) < 4.78 is 0. The van der Waals surface area contributed by atoms with Gasteiger partial charge in [0, 0.05) is 5.41 Å². The molecular weight excluding hydrogens is 226 g/mol. The highest BCUT2D eigenvalue weighted by molar-refractivity contribution is 5.74. The van der Waals surface area contributed by atoms with Crippen LogP contribution in [0.2, 0.25) is 0 Å². The highest BCUT2D eigenvalue weighted by Crippen LogP contribution is 3.06. The largest absolute Gasteiger partial charge is 0.465 e. The van der Waals surface area contributed by atoms with E-state index >= 15 is 0 Å². The van der Waals surface area contributed by atoms with Gasteiger partial charge >= 0.3 is 6.09 Å². The van der Waals surface area contributed by atoms with Crippen LogP contribution in [0.25, 0.3) is 0 Å². The lowest BCUT2D eigenvalue weighted by molar-refractivity contribution is -0.593. The zero-order valence-electron chi connectivity index (χ0n) is 9.71. The lowest BCUT2D eigenvalue weighted by atomic mass is 8.93. The summed E-state index contributed by atoms with van der Waals surface area (Å²) in [4.78, 5) is 10.9. The van der Waals surface area contributed by atoms with Crippen LogP contribution < -0.4 is 5.32 Å². The van der Waals surface area contributed by atoms with Gasteiger partial charge in [-0.1, -0.05) is 30.3 Å². The van der Waals surface area contributed by atoms with E-state index in [1.54, 1.807) is 0 Å². The molecule has 3 nitrogen and oxygen atoms in total. The average molecular weight is 239 g/mol. The van der Waals surface area contributed by atoms with E-state index in [-0.39, 0.29) is 5.54 Å². The van der Waals surface area contributed by atoms with Gasteiger partial charge in [0.25, 0.3) is 0 Å². The molecule has 1 aromatic carbocycles. The first-order valence-corrected chi connectivity index (χ1v) is 6.82. The zero-order valence-corrected chi connectivity index (χ0v) is 9.71. The fourth-order valence-corrected chi connectivity index (χ4v) is 7.27. The molecule has 0 atom stereocenters. The molecule has 90 valence electrons. The Hall–Kier alpha value is -1.51. The second-order valence-corrected chi connectivity index (χ2v) is 6.82. The molecule has 0 aromatic heterocycles. The number of amides is 1. The summed E-state index contributed by atoms with van der Waals surface area (Å²) in [7, 11) is 0.